The van der Waals surface area contributed by atoms with Gasteiger partial charge in [0.15, 0.2) is 0 Å². The van der Waals surface area contributed by atoms with Crippen molar-refractivity contribution < 1.29 is 9.59 Å². The maximum atomic E-state index is 14.0. The number of para-hydroxylation sites is 2. The Bertz CT molecular complexity index is 1650. The Labute approximate surface area is 257 Å². The Balaban J connectivity index is 1.35. The number of hydrogen-bond donors (Lipinski definition) is 1. The second-order valence-electron chi connectivity index (χ2n) is 9.79. The molecule has 9 heteroatoms. The van der Waals surface area contributed by atoms with Crippen LogP contribution >= 0.6 is 46.7 Å². The van der Waals surface area contributed by atoms with Gasteiger partial charge in [0.2, 0.25) is 5.91 Å². The number of fused-ring (bicyclic) bond motifs is 2. The smallest absolute Gasteiger partial charge is 0.276 e. The number of amides is 2. The van der Waals surface area contributed by atoms with Crippen LogP contribution in [0.25, 0.3) is 5.57 Å². The minimum Gasteiger partial charge on any atom is -0.278 e. The van der Waals surface area contributed by atoms with E-state index in [0.29, 0.717) is 15.0 Å². The van der Waals surface area contributed by atoms with Gasteiger partial charge < -0.3 is 0 Å². The number of halogens is 2. The van der Waals surface area contributed by atoms with E-state index >= 15 is 0 Å². The highest BCUT2D eigenvalue weighted by Gasteiger charge is 2.48. The van der Waals surface area contributed by atoms with Gasteiger partial charge in [0.05, 0.1) is 22.8 Å². The minimum atomic E-state index is -0.835. The molecule has 2 aliphatic rings. The lowest BCUT2D eigenvalue weighted by Gasteiger charge is -2.35. The highest BCUT2D eigenvalue weighted by atomic mass is 35.5. The largest absolute Gasteiger partial charge is 0.278 e. The molecule has 2 amide bonds. The molecule has 206 valence electrons. The standard InChI is InChI=1S/C32H25Cl2N3O2S2/c1-20(21-11-15-23(33)16-12-21)30-31(39)37(32(2,41-30)22-13-17-24(34)18-14-22)35-19-29(38)36-25-7-3-5-9-27(25)40-28-10-6-4-8-26(28)36/h3-18,35H,19H2,1-2H3/b30-20-. The number of nitrogens with zero attached hydrogens (tertiary/aromatic N) is 2. The van der Waals surface area contributed by atoms with Gasteiger partial charge in [0, 0.05) is 19.8 Å². The van der Waals surface area contributed by atoms with Crippen LogP contribution < -0.4 is 10.3 Å². The lowest BCUT2D eigenvalue weighted by molar-refractivity contribution is -0.133. The van der Waals surface area contributed by atoms with Crippen LogP contribution in [0.5, 0.6) is 0 Å². The van der Waals surface area contributed by atoms with Crippen molar-refractivity contribution in [3.8, 4) is 0 Å². The summed E-state index contributed by atoms with van der Waals surface area (Å²) in [5.74, 6) is -0.379. The number of carbonyl (C=O) groups is 2. The molecule has 4 aromatic rings. The number of carbonyl (C=O) groups excluding carboxylic acids is 2. The van der Waals surface area contributed by atoms with Gasteiger partial charge in [-0.25, -0.2) is 5.43 Å². The van der Waals surface area contributed by atoms with E-state index in [2.05, 4.69) is 5.43 Å². The number of hydrazine groups is 1. The van der Waals surface area contributed by atoms with E-state index in [1.807, 2.05) is 111 Å². The first kappa shape index (κ1) is 27.9. The summed E-state index contributed by atoms with van der Waals surface area (Å²) >= 11 is 15.4. The number of thioether (sulfide) groups is 1. The van der Waals surface area contributed by atoms with Crippen molar-refractivity contribution in [2.45, 2.75) is 28.5 Å². The highest BCUT2D eigenvalue weighted by Crippen LogP contribution is 2.52. The number of allylic oxidation sites excluding steroid dienone is 1. The van der Waals surface area contributed by atoms with Crippen molar-refractivity contribution >= 4 is 75.5 Å². The third-order valence-corrected chi connectivity index (χ3v) is 10.3. The summed E-state index contributed by atoms with van der Waals surface area (Å²) in [7, 11) is 0. The summed E-state index contributed by atoms with van der Waals surface area (Å²) in [4.78, 5) is 31.4. The first-order chi connectivity index (χ1) is 19.8. The van der Waals surface area contributed by atoms with Crippen molar-refractivity contribution in [1.29, 1.82) is 0 Å². The molecule has 2 heterocycles. The summed E-state index contributed by atoms with van der Waals surface area (Å²) in [5.41, 5.74) is 7.48. The van der Waals surface area contributed by atoms with Gasteiger partial charge in [0.25, 0.3) is 5.91 Å². The molecule has 2 aliphatic heterocycles. The van der Waals surface area contributed by atoms with Crippen LogP contribution in [0.4, 0.5) is 11.4 Å². The zero-order chi connectivity index (χ0) is 28.7. The van der Waals surface area contributed by atoms with Crippen molar-refractivity contribution in [3.05, 3.63) is 123 Å². The van der Waals surface area contributed by atoms with E-state index in [1.54, 1.807) is 21.7 Å². The molecule has 5 nitrogen and oxygen atoms in total. The van der Waals surface area contributed by atoms with E-state index in [9.17, 15) is 9.59 Å². The summed E-state index contributed by atoms with van der Waals surface area (Å²) in [5, 5.41) is 2.81. The zero-order valence-electron chi connectivity index (χ0n) is 22.2. The zero-order valence-corrected chi connectivity index (χ0v) is 25.4. The molecule has 0 saturated carbocycles. The summed E-state index contributed by atoms with van der Waals surface area (Å²) in [6, 6.07) is 30.6. The second kappa shape index (κ2) is 11.2. The lowest BCUT2D eigenvalue weighted by Crippen LogP contribution is -2.52. The molecule has 4 aromatic carbocycles. The molecule has 1 atom stereocenters. The molecule has 0 spiro atoms. The van der Waals surface area contributed by atoms with Crippen LogP contribution in [0.2, 0.25) is 10.0 Å². The molecule has 0 radical (unpaired) electrons. The van der Waals surface area contributed by atoms with Crippen molar-refractivity contribution in [1.82, 2.24) is 10.4 Å². The Morgan fingerprint density at radius 2 is 1.37 bits per heavy atom. The van der Waals surface area contributed by atoms with Gasteiger partial charge in [-0.3, -0.25) is 19.5 Å². The fraction of sp³-hybridized carbons (Fsp3) is 0.125. The van der Waals surface area contributed by atoms with Gasteiger partial charge in [0.1, 0.15) is 4.87 Å². The van der Waals surface area contributed by atoms with Gasteiger partial charge in [-0.05, 0) is 79.1 Å². The first-order valence-electron chi connectivity index (χ1n) is 12.9. The molecule has 1 saturated heterocycles. The van der Waals surface area contributed by atoms with Gasteiger partial charge in [-0.15, -0.1) is 0 Å². The van der Waals surface area contributed by atoms with Crippen molar-refractivity contribution in [2.24, 2.45) is 0 Å². The predicted molar refractivity (Wildman–Crippen MR) is 169 cm³/mol. The molecule has 41 heavy (non-hydrogen) atoms. The molecule has 6 rings (SSSR count). The average Bonchev–Trinajstić information content (AvgIpc) is 3.24. The van der Waals surface area contributed by atoms with Crippen LogP contribution in [0.3, 0.4) is 0 Å². The molecular formula is C32H25Cl2N3O2S2. The van der Waals surface area contributed by atoms with Gasteiger partial charge in [-0.2, -0.15) is 0 Å². The number of nitrogens with one attached hydrogen (secondary N) is 1. The van der Waals surface area contributed by atoms with Crippen LogP contribution in [0, 0.1) is 0 Å². The fourth-order valence-corrected chi connectivity index (χ4v) is 7.67. The molecule has 1 N–H and O–H groups in total. The predicted octanol–water partition coefficient (Wildman–Crippen LogP) is 8.51. The third kappa shape index (κ3) is 5.18. The number of anilines is 2. The van der Waals surface area contributed by atoms with Crippen LogP contribution in [-0.2, 0) is 14.5 Å². The van der Waals surface area contributed by atoms with E-state index < -0.39 is 4.87 Å². The quantitative estimate of drug-likeness (QED) is 0.227. The van der Waals surface area contributed by atoms with Crippen molar-refractivity contribution in [3.63, 3.8) is 0 Å². The Morgan fingerprint density at radius 3 is 1.95 bits per heavy atom. The highest BCUT2D eigenvalue weighted by molar-refractivity contribution is 8.05. The van der Waals surface area contributed by atoms with Gasteiger partial charge >= 0.3 is 0 Å². The maximum Gasteiger partial charge on any atom is 0.276 e. The molecule has 0 aromatic heterocycles. The molecule has 1 fully saturated rings. The van der Waals surface area contributed by atoms with Crippen LogP contribution in [0.1, 0.15) is 25.0 Å². The first-order valence-corrected chi connectivity index (χ1v) is 15.3. The lowest BCUT2D eigenvalue weighted by atomic mass is 10.1. The number of benzene rings is 4. The van der Waals surface area contributed by atoms with E-state index in [4.69, 9.17) is 23.2 Å². The maximum absolute atomic E-state index is 14.0. The number of hydrogen-bond acceptors (Lipinski definition) is 5. The van der Waals surface area contributed by atoms with Crippen LogP contribution in [0.15, 0.2) is 112 Å². The normalized spacial score (nSPS) is 19.2. The molecule has 0 aliphatic carbocycles. The Kier molecular flexibility index (Phi) is 7.66. The fourth-order valence-electron chi connectivity index (χ4n) is 5.02. The average molecular weight is 619 g/mol. The van der Waals surface area contributed by atoms with E-state index in [1.165, 1.54) is 11.8 Å². The van der Waals surface area contributed by atoms with Crippen molar-refractivity contribution in [2.75, 3.05) is 11.4 Å². The summed E-state index contributed by atoms with van der Waals surface area (Å²) in [6.07, 6.45) is 0. The number of rotatable bonds is 5. The summed E-state index contributed by atoms with van der Waals surface area (Å²) in [6.45, 7) is 3.82. The van der Waals surface area contributed by atoms with E-state index in [-0.39, 0.29) is 18.4 Å². The Morgan fingerprint density at radius 1 is 0.829 bits per heavy atom. The van der Waals surface area contributed by atoms with Gasteiger partial charge in [-0.1, -0.05) is 95.3 Å². The molecular weight excluding hydrogens is 593 g/mol. The summed E-state index contributed by atoms with van der Waals surface area (Å²) < 4.78 is 0. The molecule has 1 unspecified atom stereocenters. The minimum absolute atomic E-state index is 0.0872. The third-order valence-electron chi connectivity index (χ3n) is 7.19. The molecule has 0 bridgehead atoms. The topological polar surface area (TPSA) is 52.7 Å². The monoisotopic (exact) mass is 617 g/mol. The second-order valence-corrected chi connectivity index (χ2v) is 13.2. The SMILES string of the molecule is C/C(=C1/SC(C)(c2ccc(Cl)cc2)N(NCC(=O)N2c3ccccc3Sc3ccccc32)C1=O)c1ccc(Cl)cc1. The van der Waals surface area contributed by atoms with Crippen LogP contribution in [-0.4, -0.2) is 23.4 Å². The van der Waals surface area contributed by atoms with E-state index in [0.717, 1.165) is 37.9 Å². The Hall–Kier alpha value is -3.20.